The molecule has 1 aromatic rings. The number of carbonyl (C=O) groups excluding carboxylic acids is 2. The number of benzene rings is 1. The van der Waals surface area contributed by atoms with Gasteiger partial charge in [-0.2, -0.15) is 0 Å². The molecule has 0 aromatic heterocycles. The molecule has 106 valence electrons. The van der Waals surface area contributed by atoms with E-state index in [4.69, 9.17) is 5.11 Å². The minimum Gasteiger partial charge on any atom is -0.478 e. The molecule has 20 heavy (non-hydrogen) atoms. The van der Waals surface area contributed by atoms with E-state index < -0.39 is 11.8 Å². The lowest BCUT2D eigenvalue weighted by molar-refractivity contribution is -0.117. The average Bonchev–Trinajstić information content (AvgIpc) is 2.69. The van der Waals surface area contributed by atoms with Gasteiger partial charge in [-0.1, -0.05) is 11.8 Å². The Balaban J connectivity index is 2.30. The Morgan fingerprint density at radius 2 is 2.15 bits per heavy atom. The predicted octanol–water partition coefficient (Wildman–Crippen LogP) is 1.91. The van der Waals surface area contributed by atoms with Gasteiger partial charge in [-0.25, -0.2) is 9.18 Å². The first-order valence-corrected chi connectivity index (χ1v) is 6.77. The third kappa shape index (κ3) is 2.98. The number of hydrogen-bond donors (Lipinski definition) is 1. The van der Waals surface area contributed by atoms with Crippen LogP contribution in [0.3, 0.4) is 0 Å². The van der Waals surface area contributed by atoms with Gasteiger partial charge in [-0.15, -0.1) is 0 Å². The van der Waals surface area contributed by atoms with Crippen LogP contribution >= 0.6 is 11.8 Å². The van der Waals surface area contributed by atoms with Gasteiger partial charge in [0.15, 0.2) is 5.12 Å². The van der Waals surface area contributed by atoms with E-state index in [9.17, 15) is 18.8 Å². The van der Waals surface area contributed by atoms with Gasteiger partial charge in [0.2, 0.25) is 5.91 Å². The predicted molar refractivity (Wildman–Crippen MR) is 72.4 cm³/mol. The second kappa shape index (κ2) is 5.62. The SMILES string of the molecule is CC(=O)SC1CC(=O)N(c2ccc(F)cc2C(=O)O)C1. The summed E-state index contributed by atoms with van der Waals surface area (Å²) in [5, 5.41) is 8.79. The number of halogens is 1. The molecule has 1 amide bonds. The Hall–Kier alpha value is -1.89. The number of carboxylic acid groups (broad SMARTS) is 1. The Labute approximate surface area is 118 Å². The summed E-state index contributed by atoms with van der Waals surface area (Å²) >= 11 is 1.06. The van der Waals surface area contributed by atoms with Crippen LogP contribution in [0, 0.1) is 5.82 Å². The number of anilines is 1. The van der Waals surface area contributed by atoms with E-state index in [0.29, 0.717) is 0 Å². The van der Waals surface area contributed by atoms with E-state index >= 15 is 0 Å². The van der Waals surface area contributed by atoms with Crippen molar-refractivity contribution in [3.63, 3.8) is 0 Å². The van der Waals surface area contributed by atoms with Crippen molar-refractivity contribution < 1.29 is 23.9 Å². The van der Waals surface area contributed by atoms with Crippen LogP contribution in [0.2, 0.25) is 0 Å². The largest absolute Gasteiger partial charge is 0.478 e. The Morgan fingerprint density at radius 3 is 2.75 bits per heavy atom. The van der Waals surface area contributed by atoms with Crippen LogP contribution in [0.15, 0.2) is 18.2 Å². The summed E-state index contributed by atoms with van der Waals surface area (Å²) in [6.45, 7) is 1.66. The lowest BCUT2D eigenvalue weighted by Crippen LogP contribution is -2.27. The van der Waals surface area contributed by atoms with Crippen LogP contribution in [0.1, 0.15) is 23.7 Å². The fraction of sp³-hybridized carbons (Fsp3) is 0.308. The fourth-order valence-corrected chi connectivity index (χ4v) is 3.06. The zero-order chi connectivity index (χ0) is 14.9. The van der Waals surface area contributed by atoms with Gasteiger partial charge in [0, 0.05) is 25.1 Å². The average molecular weight is 297 g/mol. The molecular weight excluding hydrogens is 285 g/mol. The van der Waals surface area contributed by atoms with Crippen molar-refractivity contribution in [1.82, 2.24) is 0 Å². The van der Waals surface area contributed by atoms with Crippen LogP contribution in [0.25, 0.3) is 0 Å². The zero-order valence-corrected chi connectivity index (χ0v) is 11.4. The molecule has 1 heterocycles. The van der Waals surface area contributed by atoms with Crippen molar-refractivity contribution in [1.29, 1.82) is 0 Å². The monoisotopic (exact) mass is 297 g/mol. The van der Waals surface area contributed by atoms with Gasteiger partial charge >= 0.3 is 5.97 Å². The van der Waals surface area contributed by atoms with Crippen molar-refractivity contribution in [2.45, 2.75) is 18.6 Å². The smallest absolute Gasteiger partial charge is 0.337 e. The van der Waals surface area contributed by atoms with Gasteiger partial charge in [0.1, 0.15) is 5.82 Å². The summed E-state index contributed by atoms with van der Waals surface area (Å²) in [7, 11) is 0. The van der Waals surface area contributed by atoms with E-state index in [2.05, 4.69) is 0 Å². The molecule has 0 saturated carbocycles. The van der Waals surface area contributed by atoms with Crippen LogP contribution < -0.4 is 4.90 Å². The number of amides is 1. The summed E-state index contributed by atoms with van der Waals surface area (Å²) in [4.78, 5) is 35.4. The Kier molecular flexibility index (Phi) is 4.08. The molecule has 0 radical (unpaired) electrons. The highest BCUT2D eigenvalue weighted by molar-refractivity contribution is 8.14. The molecular formula is C13H12FNO4S. The van der Waals surface area contributed by atoms with Gasteiger partial charge < -0.3 is 10.0 Å². The zero-order valence-electron chi connectivity index (χ0n) is 10.6. The lowest BCUT2D eigenvalue weighted by Gasteiger charge is -2.18. The van der Waals surface area contributed by atoms with E-state index in [1.807, 2.05) is 0 Å². The van der Waals surface area contributed by atoms with Crippen LogP contribution in [0.5, 0.6) is 0 Å². The molecule has 0 aliphatic carbocycles. The van der Waals surface area contributed by atoms with Crippen LogP contribution in [0.4, 0.5) is 10.1 Å². The fourth-order valence-electron chi connectivity index (χ4n) is 2.14. The van der Waals surface area contributed by atoms with Crippen molar-refractivity contribution in [2.75, 3.05) is 11.4 Å². The number of hydrogen-bond acceptors (Lipinski definition) is 4. The van der Waals surface area contributed by atoms with Crippen molar-refractivity contribution in [3.8, 4) is 0 Å². The third-order valence-corrected chi connectivity index (χ3v) is 3.88. The molecule has 0 spiro atoms. The van der Waals surface area contributed by atoms with Crippen LogP contribution in [-0.2, 0) is 9.59 Å². The first-order chi connectivity index (χ1) is 9.38. The van der Waals surface area contributed by atoms with Gasteiger partial charge in [0.05, 0.1) is 11.3 Å². The number of carbonyl (C=O) groups is 3. The molecule has 1 atom stereocenters. The third-order valence-electron chi connectivity index (χ3n) is 2.90. The number of rotatable bonds is 3. The maximum absolute atomic E-state index is 13.1. The van der Waals surface area contributed by atoms with E-state index in [-0.39, 0.29) is 40.5 Å². The molecule has 1 aliphatic rings. The Bertz CT molecular complexity index is 590. The lowest BCUT2D eigenvalue weighted by atomic mass is 10.1. The molecule has 7 heteroatoms. The van der Waals surface area contributed by atoms with Gasteiger partial charge in [-0.3, -0.25) is 9.59 Å². The van der Waals surface area contributed by atoms with Crippen molar-refractivity contribution in [2.24, 2.45) is 0 Å². The highest BCUT2D eigenvalue weighted by atomic mass is 32.2. The van der Waals surface area contributed by atoms with Crippen molar-refractivity contribution >= 4 is 34.4 Å². The Morgan fingerprint density at radius 1 is 1.45 bits per heavy atom. The molecule has 0 bridgehead atoms. The molecule has 2 rings (SSSR count). The second-order valence-corrected chi connectivity index (χ2v) is 5.88. The maximum atomic E-state index is 13.1. The standard InChI is InChI=1S/C13H12FNO4S/c1-7(16)20-9-5-12(17)15(6-9)11-3-2-8(14)4-10(11)13(18)19/h2-4,9H,5-6H2,1H3,(H,18,19). The summed E-state index contributed by atoms with van der Waals surface area (Å²) < 4.78 is 13.1. The molecule has 1 saturated heterocycles. The molecule has 1 fully saturated rings. The van der Waals surface area contributed by atoms with E-state index in [0.717, 1.165) is 23.9 Å². The first kappa shape index (κ1) is 14.5. The highest BCUT2D eigenvalue weighted by Crippen LogP contribution is 2.31. The van der Waals surface area contributed by atoms with E-state index in [1.54, 1.807) is 0 Å². The quantitative estimate of drug-likeness (QED) is 0.922. The van der Waals surface area contributed by atoms with E-state index in [1.165, 1.54) is 17.9 Å². The van der Waals surface area contributed by atoms with Gasteiger partial charge in [0.25, 0.3) is 0 Å². The summed E-state index contributed by atoms with van der Waals surface area (Å²) in [6, 6.07) is 3.27. The number of carboxylic acids is 1. The summed E-state index contributed by atoms with van der Waals surface area (Å²) in [5.41, 5.74) is -0.0950. The topological polar surface area (TPSA) is 74.7 Å². The minimum absolute atomic E-state index is 0.0952. The highest BCUT2D eigenvalue weighted by Gasteiger charge is 2.33. The molecule has 1 N–H and O–H groups in total. The summed E-state index contributed by atoms with van der Waals surface area (Å²) in [5.74, 6) is -2.24. The molecule has 1 aromatic carbocycles. The number of nitrogens with zero attached hydrogens (tertiary/aromatic N) is 1. The van der Waals surface area contributed by atoms with Crippen LogP contribution in [-0.4, -0.2) is 33.9 Å². The minimum atomic E-state index is -1.30. The summed E-state index contributed by atoms with van der Waals surface area (Å²) in [6.07, 6.45) is 0.167. The molecule has 1 aliphatic heterocycles. The number of thioether (sulfide) groups is 1. The molecule has 1 unspecified atom stereocenters. The normalized spacial score (nSPS) is 18.4. The maximum Gasteiger partial charge on any atom is 0.337 e. The first-order valence-electron chi connectivity index (χ1n) is 5.89. The van der Waals surface area contributed by atoms with Crippen molar-refractivity contribution in [3.05, 3.63) is 29.6 Å². The van der Waals surface area contributed by atoms with Gasteiger partial charge in [-0.05, 0) is 18.2 Å². The second-order valence-electron chi connectivity index (χ2n) is 4.41. The molecule has 5 nitrogen and oxygen atoms in total. The number of aromatic carboxylic acids is 1.